The Labute approximate surface area is 139 Å². The molecule has 0 saturated heterocycles. The molecule has 2 heterocycles. The van der Waals surface area contributed by atoms with Gasteiger partial charge in [0.2, 0.25) is 5.28 Å². The molecule has 0 bridgehead atoms. The predicted molar refractivity (Wildman–Crippen MR) is 94.2 cm³/mol. The van der Waals surface area contributed by atoms with Crippen LogP contribution in [-0.4, -0.2) is 9.97 Å². The van der Waals surface area contributed by atoms with Crippen LogP contribution in [0.1, 0.15) is 11.8 Å². The minimum atomic E-state index is 0.273. The number of thiophene rings is 1. The van der Waals surface area contributed by atoms with Crippen molar-refractivity contribution in [3.8, 4) is 0 Å². The van der Waals surface area contributed by atoms with Crippen LogP contribution in [0.5, 0.6) is 0 Å². The van der Waals surface area contributed by atoms with Gasteiger partial charge in [-0.25, -0.2) is 4.98 Å². The molecule has 0 atom stereocenters. The first-order valence-corrected chi connectivity index (χ1v) is 8.41. The molecular formula is C14H11ClIN3S. The topological polar surface area (TPSA) is 37.8 Å². The van der Waals surface area contributed by atoms with Crippen LogP contribution in [0.4, 0.5) is 11.5 Å². The Morgan fingerprint density at radius 2 is 2.15 bits per heavy atom. The van der Waals surface area contributed by atoms with E-state index in [1.165, 1.54) is 8.45 Å². The summed E-state index contributed by atoms with van der Waals surface area (Å²) in [6.07, 6.45) is 0.987. The zero-order valence-corrected chi connectivity index (χ0v) is 14.4. The van der Waals surface area contributed by atoms with E-state index in [1.54, 1.807) is 11.3 Å². The van der Waals surface area contributed by atoms with E-state index in [0.717, 1.165) is 28.1 Å². The van der Waals surface area contributed by atoms with Crippen LogP contribution >= 0.6 is 45.5 Å². The number of aromatic nitrogens is 2. The van der Waals surface area contributed by atoms with Gasteiger partial charge in [-0.2, -0.15) is 4.98 Å². The molecular weight excluding hydrogens is 405 g/mol. The van der Waals surface area contributed by atoms with E-state index in [9.17, 15) is 0 Å². The fourth-order valence-corrected chi connectivity index (χ4v) is 3.65. The molecule has 0 fully saturated rings. The number of hydrogen-bond donors (Lipinski definition) is 1. The van der Waals surface area contributed by atoms with Crippen molar-refractivity contribution in [2.24, 2.45) is 0 Å². The Morgan fingerprint density at radius 1 is 1.30 bits per heavy atom. The normalized spacial score (nSPS) is 10.9. The number of rotatable bonds is 3. The zero-order valence-electron chi connectivity index (χ0n) is 10.7. The lowest BCUT2D eigenvalue weighted by Gasteiger charge is -2.07. The number of nitrogens with one attached hydrogen (secondary N) is 1. The zero-order chi connectivity index (χ0) is 14.1. The summed E-state index contributed by atoms with van der Waals surface area (Å²) >= 11 is 9.97. The summed E-state index contributed by atoms with van der Waals surface area (Å²) in [5.41, 5.74) is 0.997. The SMILES string of the molecule is CCc1cc2c(Nc3cccc(I)c3)nc(Cl)nc2s1. The molecule has 3 nitrogen and oxygen atoms in total. The monoisotopic (exact) mass is 415 g/mol. The molecule has 0 saturated carbocycles. The number of benzene rings is 1. The van der Waals surface area contributed by atoms with Gasteiger partial charge in [0, 0.05) is 14.1 Å². The molecule has 0 amide bonds. The lowest BCUT2D eigenvalue weighted by Crippen LogP contribution is -1.96. The summed E-state index contributed by atoms with van der Waals surface area (Å²) in [5, 5.41) is 4.63. The Hall–Kier alpha value is -0.920. The van der Waals surface area contributed by atoms with Crippen molar-refractivity contribution >= 4 is 67.3 Å². The number of aryl methyl sites for hydroxylation is 1. The van der Waals surface area contributed by atoms with Crippen molar-refractivity contribution in [2.45, 2.75) is 13.3 Å². The van der Waals surface area contributed by atoms with Gasteiger partial charge in [0.1, 0.15) is 10.6 Å². The van der Waals surface area contributed by atoms with Crippen LogP contribution in [-0.2, 0) is 6.42 Å². The fraction of sp³-hybridized carbons (Fsp3) is 0.143. The third-order valence-electron chi connectivity index (χ3n) is 2.85. The summed E-state index contributed by atoms with van der Waals surface area (Å²) in [4.78, 5) is 10.8. The molecule has 0 spiro atoms. The summed E-state index contributed by atoms with van der Waals surface area (Å²) in [6, 6.07) is 10.3. The van der Waals surface area contributed by atoms with Crippen molar-refractivity contribution in [1.29, 1.82) is 0 Å². The molecule has 0 radical (unpaired) electrons. The number of anilines is 2. The van der Waals surface area contributed by atoms with Gasteiger partial charge < -0.3 is 5.32 Å². The number of fused-ring (bicyclic) bond motifs is 1. The minimum absolute atomic E-state index is 0.273. The lowest BCUT2D eigenvalue weighted by atomic mass is 10.3. The van der Waals surface area contributed by atoms with E-state index < -0.39 is 0 Å². The molecule has 102 valence electrons. The van der Waals surface area contributed by atoms with E-state index in [2.05, 4.69) is 56.9 Å². The number of nitrogens with zero attached hydrogens (tertiary/aromatic N) is 2. The predicted octanol–water partition coefficient (Wildman–Crippen LogP) is 5.26. The molecule has 0 aliphatic carbocycles. The molecule has 20 heavy (non-hydrogen) atoms. The van der Waals surface area contributed by atoms with Crippen molar-refractivity contribution < 1.29 is 0 Å². The van der Waals surface area contributed by atoms with Crippen LogP contribution < -0.4 is 5.32 Å². The van der Waals surface area contributed by atoms with Crippen LogP contribution in [0.3, 0.4) is 0 Å². The lowest BCUT2D eigenvalue weighted by molar-refractivity contribution is 1.19. The van der Waals surface area contributed by atoms with Crippen LogP contribution in [0.15, 0.2) is 30.3 Å². The van der Waals surface area contributed by atoms with Gasteiger partial charge in [0.15, 0.2) is 0 Å². The second kappa shape index (κ2) is 5.83. The van der Waals surface area contributed by atoms with Crippen LogP contribution in [0.2, 0.25) is 5.28 Å². The largest absolute Gasteiger partial charge is 0.340 e. The van der Waals surface area contributed by atoms with Crippen molar-refractivity contribution in [2.75, 3.05) is 5.32 Å². The standard InChI is InChI=1S/C14H11ClIN3S/c1-2-10-7-11-12(18-14(15)19-13(11)20-10)17-9-5-3-4-8(16)6-9/h3-7H,2H2,1H3,(H,17,18,19). The molecule has 3 rings (SSSR count). The first-order valence-electron chi connectivity index (χ1n) is 6.14. The van der Waals surface area contributed by atoms with Gasteiger partial charge in [0.25, 0.3) is 0 Å². The Kier molecular flexibility index (Phi) is 4.09. The molecule has 0 aliphatic rings. The Morgan fingerprint density at radius 3 is 2.90 bits per heavy atom. The number of halogens is 2. The Bertz CT molecular complexity index is 772. The maximum absolute atomic E-state index is 6.02. The third kappa shape index (κ3) is 2.89. The quantitative estimate of drug-likeness (QED) is 0.469. The van der Waals surface area contributed by atoms with E-state index in [-0.39, 0.29) is 5.28 Å². The number of hydrogen-bond acceptors (Lipinski definition) is 4. The molecule has 0 unspecified atom stereocenters. The van der Waals surface area contributed by atoms with Crippen molar-refractivity contribution in [3.63, 3.8) is 0 Å². The van der Waals surface area contributed by atoms with E-state index in [0.29, 0.717) is 0 Å². The van der Waals surface area contributed by atoms with Gasteiger partial charge in [-0.05, 0) is 64.9 Å². The van der Waals surface area contributed by atoms with Gasteiger partial charge >= 0.3 is 0 Å². The maximum atomic E-state index is 6.02. The van der Waals surface area contributed by atoms with Gasteiger partial charge in [0.05, 0.1) is 5.39 Å². The summed E-state index contributed by atoms with van der Waals surface area (Å²) in [5.74, 6) is 0.762. The van der Waals surface area contributed by atoms with E-state index >= 15 is 0 Å². The van der Waals surface area contributed by atoms with Gasteiger partial charge in [-0.3, -0.25) is 0 Å². The van der Waals surface area contributed by atoms with Crippen LogP contribution in [0, 0.1) is 3.57 Å². The molecule has 0 aliphatic heterocycles. The van der Waals surface area contributed by atoms with Crippen molar-refractivity contribution in [3.05, 3.63) is 44.1 Å². The fourth-order valence-electron chi connectivity index (χ4n) is 1.92. The molecule has 6 heteroatoms. The summed E-state index contributed by atoms with van der Waals surface area (Å²) in [6.45, 7) is 2.13. The highest BCUT2D eigenvalue weighted by Gasteiger charge is 2.10. The van der Waals surface area contributed by atoms with Crippen molar-refractivity contribution in [1.82, 2.24) is 9.97 Å². The van der Waals surface area contributed by atoms with E-state index in [4.69, 9.17) is 11.6 Å². The van der Waals surface area contributed by atoms with Gasteiger partial charge in [-0.1, -0.05) is 13.0 Å². The van der Waals surface area contributed by atoms with Crippen LogP contribution in [0.25, 0.3) is 10.2 Å². The second-order valence-corrected chi connectivity index (χ2v) is 6.96. The second-order valence-electron chi connectivity index (χ2n) is 4.26. The summed E-state index contributed by atoms with van der Waals surface area (Å²) in [7, 11) is 0. The first kappa shape index (κ1) is 14.0. The summed E-state index contributed by atoms with van der Waals surface area (Å²) < 4.78 is 1.17. The average Bonchev–Trinajstić information content (AvgIpc) is 2.82. The molecule has 1 aromatic carbocycles. The third-order valence-corrected chi connectivity index (χ3v) is 4.87. The smallest absolute Gasteiger partial charge is 0.225 e. The molecule has 2 aromatic heterocycles. The average molecular weight is 416 g/mol. The highest BCUT2D eigenvalue weighted by Crippen LogP contribution is 2.32. The molecule has 3 aromatic rings. The maximum Gasteiger partial charge on any atom is 0.225 e. The highest BCUT2D eigenvalue weighted by atomic mass is 127. The highest BCUT2D eigenvalue weighted by molar-refractivity contribution is 14.1. The van der Waals surface area contributed by atoms with Gasteiger partial charge in [-0.15, -0.1) is 11.3 Å². The van der Waals surface area contributed by atoms with E-state index in [1.807, 2.05) is 18.2 Å². The molecule has 1 N–H and O–H groups in total. The Balaban J connectivity index is 2.08. The first-order chi connectivity index (χ1) is 9.65. The minimum Gasteiger partial charge on any atom is -0.340 e.